The first-order chi connectivity index (χ1) is 9.65. The van der Waals surface area contributed by atoms with Crippen molar-refractivity contribution in [3.8, 4) is 0 Å². The van der Waals surface area contributed by atoms with Crippen LogP contribution in [-0.2, 0) is 9.47 Å². The van der Waals surface area contributed by atoms with Crippen LogP contribution in [-0.4, -0.2) is 39.4 Å². The Morgan fingerprint density at radius 1 is 1.30 bits per heavy atom. The maximum Gasteiger partial charge on any atom is 0.252 e. The topological polar surface area (TPSA) is 73.6 Å². The number of carbonyl (C=O) groups excluding carboxylic acids is 1. The molecule has 0 saturated carbocycles. The monoisotopic (exact) mass is 300 g/mol. The van der Waals surface area contributed by atoms with Gasteiger partial charge in [-0.25, -0.2) is 0 Å². The van der Waals surface area contributed by atoms with Gasteiger partial charge in [0.2, 0.25) is 0 Å². The predicted molar refractivity (Wildman–Crippen MR) is 80.1 cm³/mol. The van der Waals surface area contributed by atoms with E-state index in [1.807, 2.05) is 0 Å². The van der Waals surface area contributed by atoms with Crippen LogP contribution < -0.4 is 11.1 Å². The number of benzene rings is 1. The molecule has 0 aliphatic heterocycles. The third kappa shape index (κ3) is 6.23. The van der Waals surface area contributed by atoms with Crippen LogP contribution in [0.25, 0.3) is 0 Å². The van der Waals surface area contributed by atoms with Gasteiger partial charge in [-0.1, -0.05) is 11.6 Å². The fourth-order valence-corrected chi connectivity index (χ4v) is 1.79. The molecule has 0 aliphatic rings. The number of nitrogens with one attached hydrogen (secondary N) is 1. The standard InChI is InChI=1S/C14H21ClN2O3/c1-19-8-9-20-7-3-2-6-17-14(18)12-10-11(16)4-5-13(12)15/h4-5,10H,2-3,6-9,16H2,1H3,(H,17,18). The Labute approximate surface area is 124 Å². The zero-order valence-electron chi connectivity index (χ0n) is 11.7. The van der Waals surface area contributed by atoms with E-state index in [-0.39, 0.29) is 5.91 Å². The van der Waals surface area contributed by atoms with Gasteiger partial charge in [-0.2, -0.15) is 0 Å². The number of rotatable bonds is 9. The third-order valence-corrected chi connectivity index (χ3v) is 3.00. The number of methoxy groups -OCH3 is 1. The molecule has 5 nitrogen and oxygen atoms in total. The zero-order valence-corrected chi connectivity index (χ0v) is 12.4. The van der Waals surface area contributed by atoms with Gasteiger partial charge in [0.05, 0.1) is 23.8 Å². The van der Waals surface area contributed by atoms with Crippen molar-refractivity contribution in [1.29, 1.82) is 0 Å². The number of nitrogens with two attached hydrogens (primary N) is 1. The van der Waals surface area contributed by atoms with Gasteiger partial charge in [-0.15, -0.1) is 0 Å². The van der Waals surface area contributed by atoms with Gasteiger partial charge in [0.25, 0.3) is 5.91 Å². The lowest BCUT2D eigenvalue weighted by Crippen LogP contribution is -2.25. The van der Waals surface area contributed by atoms with Gasteiger partial charge in [0.1, 0.15) is 0 Å². The molecule has 0 radical (unpaired) electrons. The Morgan fingerprint density at radius 2 is 2.10 bits per heavy atom. The Bertz CT molecular complexity index is 427. The predicted octanol–water partition coefficient (Wildman–Crippen LogP) is 2.10. The minimum Gasteiger partial charge on any atom is -0.399 e. The summed E-state index contributed by atoms with van der Waals surface area (Å²) in [6.45, 7) is 2.45. The van der Waals surface area contributed by atoms with E-state index in [1.54, 1.807) is 25.3 Å². The molecule has 0 aliphatic carbocycles. The van der Waals surface area contributed by atoms with Crippen LogP contribution in [0.2, 0.25) is 5.02 Å². The number of carbonyl (C=O) groups is 1. The summed E-state index contributed by atoms with van der Waals surface area (Å²) in [4.78, 5) is 11.9. The maximum atomic E-state index is 11.9. The lowest BCUT2D eigenvalue weighted by Gasteiger charge is -2.08. The molecule has 1 aromatic carbocycles. The van der Waals surface area contributed by atoms with E-state index in [4.69, 9.17) is 26.8 Å². The van der Waals surface area contributed by atoms with Crippen molar-refractivity contribution in [2.24, 2.45) is 0 Å². The first-order valence-corrected chi connectivity index (χ1v) is 6.93. The van der Waals surface area contributed by atoms with E-state index in [9.17, 15) is 4.79 Å². The zero-order chi connectivity index (χ0) is 14.8. The summed E-state index contributed by atoms with van der Waals surface area (Å²) in [5, 5.41) is 3.21. The Balaban J connectivity index is 2.18. The number of amides is 1. The highest BCUT2D eigenvalue weighted by Gasteiger charge is 2.09. The third-order valence-electron chi connectivity index (χ3n) is 2.67. The lowest BCUT2D eigenvalue weighted by atomic mass is 10.2. The highest BCUT2D eigenvalue weighted by molar-refractivity contribution is 6.34. The fourth-order valence-electron chi connectivity index (χ4n) is 1.59. The Morgan fingerprint density at radius 3 is 2.85 bits per heavy atom. The van der Waals surface area contributed by atoms with Gasteiger partial charge in [-0.3, -0.25) is 4.79 Å². The van der Waals surface area contributed by atoms with Crippen LogP contribution in [0.3, 0.4) is 0 Å². The van der Waals surface area contributed by atoms with Crippen LogP contribution in [0, 0.1) is 0 Å². The molecule has 6 heteroatoms. The van der Waals surface area contributed by atoms with Crippen molar-refractivity contribution in [2.45, 2.75) is 12.8 Å². The number of halogens is 1. The molecule has 0 heterocycles. The van der Waals surface area contributed by atoms with E-state index in [1.165, 1.54) is 0 Å². The molecule has 0 spiro atoms. The van der Waals surface area contributed by atoms with Gasteiger partial charge in [-0.05, 0) is 31.0 Å². The molecular weight excluding hydrogens is 280 g/mol. The van der Waals surface area contributed by atoms with Crippen molar-refractivity contribution >= 4 is 23.2 Å². The number of unbranched alkanes of at least 4 members (excludes halogenated alkanes) is 1. The summed E-state index contributed by atoms with van der Waals surface area (Å²) in [5.41, 5.74) is 6.56. The van der Waals surface area contributed by atoms with E-state index < -0.39 is 0 Å². The van der Waals surface area contributed by atoms with E-state index in [0.717, 1.165) is 12.8 Å². The van der Waals surface area contributed by atoms with Crippen LogP contribution in [0.1, 0.15) is 23.2 Å². The summed E-state index contributed by atoms with van der Waals surface area (Å²) >= 11 is 5.95. The van der Waals surface area contributed by atoms with Gasteiger partial charge < -0.3 is 20.5 Å². The minimum atomic E-state index is -0.206. The molecule has 20 heavy (non-hydrogen) atoms. The summed E-state index contributed by atoms with van der Waals surface area (Å²) in [5.74, 6) is -0.206. The normalized spacial score (nSPS) is 10.5. The Hall–Kier alpha value is -1.30. The summed E-state index contributed by atoms with van der Waals surface area (Å²) in [6.07, 6.45) is 1.73. The summed E-state index contributed by atoms with van der Waals surface area (Å²) in [7, 11) is 1.64. The van der Waals surface area contributed by atoms with Gasteiger partial charge >= 0.3 is 0 Å². The summed E-state index contributed by atoms with van der Waals surface area (Å²) < 4.78 is 10.2. The van der Waals surface area contributed by atoms with Crippen molar-refractivity contribution < 1.29 is 14.3 Å². The smallest absolute Gasteiger partial charge is 0.252 e. The van der Waals surface area contributed by atoms with Crippen molar-refractivity contribution in [1.82, 2.24) is 5.32 Å². The SMILES string of the molecule is COCCOCCCCNC(=O)c1cc(N)ccc1Cl. The Kier molecular flexibility index (Phi) is 8.02. The number of nitrogen functional groups attached to an aromatic ring is 1. The van der Waals surface area contributed by atoms with Crippen molar-refractivity contribution in [2.75, 3.05) is 39.2 Å². The first-order valence-electron chi connectivity index (χ1n) is 6.55. The van der Waals surface area contributed by atoms with Gasteiger partial charge in [0, 0.05) is 25.9 Å². The molecule has 1 aromatic rings. The van der Waals surface area contributed by atoms with E-state index in [0.29, 0.717) is 42.6 Å². The van der Waals surface area contributed by atoms with Crippen molar-refractivity contribution in [3.05, 3.63) is 28.8 Å². The quantitative estimate of drug-likeness (QED) is 0.541. The number of hydrogen-bond donors (Lipinski definition) is 2. The number of anilines is 1. The molecule has 0 bridgehead atoms. The van der Waals surface area contributed by atoms with Crippen LogP contribution in [0.15, 0.2) is 18.2 Å². The lowest BCUT2D eigenvalue weighted by molar-refractivity contribution is 0.0686. The van der Waals surface area contributed by atoms with Crippen LogP contribution in [0.5, 0.6) is 0 Å². The molecule has 3 N–H and O–H groups in total. The molecule has 1 amide bonds. The maximum absolute atomic E-state index is 11.9. The highest BCUT2D eigenvalue weighted by atomic mass is 35.5. The fraction of sp³-hybridized carbons (Fsp3) is 0.500. The number of hydrogen-bond acceptors (Lipinski definition) is 4. The highest BCUT2D eigenvalue weighted by Crippen LogP contribution is 2.18. The largest absolute Gasteiger partial charge is 0.399 e. The summed E-state index contributed by atoms with van der Waals surface area (Å²) in [6, 6.07) is 4.86. The van der Waals surface area contributed by atoms with Gasteiger partial charge in [0.15, 0.2) is 0 Å². The second-order valence-corrected chi connectivity index (χ2v) is 4.71. The molecule has 0 aromatic heterocycles. The molecule has 1 rings (SSSR count). The van der Waals surface area contributed by atoms with E-state index in [2.05, 4.69) is 5.32 Å². The minimum absolute atomic E-state index is 0.206. The molecule has 112 valence electrons. The van der Waals surface area contributed by atoms with Crippen molar-refractivity contribution in [3.63, 3.8) is 0 Å². The van der Waals surface area contributed by atoms with Crippen LogP contribution in [0.4, 0.5) is 5.69 Å². The molecule has 0 saturated heterocycles. The molecule has 0 fully saturated rings. The molecular formula is C14H21ClN2O3. The average molecular weight is 301 g/mol. The first kappa shape index (κ1) is 16.8. The molecule has 0 atom stereocenters. The van der Waals surface area contributed by atoms with E-state index >= 15 is 0 Å². The number of ether oxygens (including phenoxy) is 2. The molecule has 0 unspecified atom stereocenters. The average Bonchev–Trinajstić information content (AvgIpc) is 2.44. The van der Waals surface area contributed by atoms with Crippen LogP contribution >= 0.6 is 11.6 Å². The second-order valence-electron chi connectivity index (χ2n) is 4.31. The second kappa shape index (κ2) is 9.58.